The molecule has 0 heterocycles. The molecule has 0 aromatic rings. The van der Waals surface area contributed by atoms with Crippen LogP contribution in [0.25, 0.3) is 0 Å². The van der Waals surface area contributed by atoms with Crippen LogP contribution in [-0.4, -0.2) is 31.3 Å². The number of aliphatic hydroxyl groups excluding tert-OH is 1. The molecule has 0 saturated carbocycles. The van der Waals surface area contributed by atoms with Crippen molar-refractivity contribution in [3.63, 3.8) is 0 Å². The fourth-order valence-electron chi connectivity index (χ4n) is 1.44. The molecule has 0 unspecified atom stereocenters. The maximum Gasteiger partial charge on any atom is 0.397 e. The van der Waals surface area contributed by atoms with Crippen LogP contribution in [0.2, 0.25) is 0 Å². The van der Waals surface area contributed by atoms with Crippen molar-refractivity contribution in [1.29, 1.82) is 0 Å². The minimum Gasteiger partial charge on any atom is -0.396 e. The van der Waals surface area contributed by atoms with Gasteiger partial charge >= 0.3 is 10.4 Å². The second-order valence-electron chi connectivity index (χ2n) is 3.80. The number of aliphatic hydroxyl groups is 1. The molecule has 2 N–H and O–H groups in total. The number of unbranched alkanes of at least 4 members (excludes halogenated alkanes) is 7. The maximum atomic E-state index is 10.2. The summed E-state index contributed by atoms with van der Waals surface area (Å²) >= 11 is 0. The molecule has 0 aliphatic carbocycles. The Kier molecular flexibility index (Phi) is 9.91. The van der Waals surface area contributed by atoms with Crippen molar-refractivity contribution in [3.8, 4) is 0 Å². The zero-order chi connectivity index (χ0) is 12.3. The van der Waals surface area contributed by atoms with Crippen LogP contribution in [0.5, 0.6) is 0 Å². The monoisotopic (exact) mass is 254 g/mol. The summed E-state index contributed by atoms with van der Waals surface area (Å²) < 4.78 is 32.8. The lowest BCUT2D eigenvalue weighted by molar-refractivity contribution is 0.261. The third kappa shape index (κ3) is 13.8. The van der Waals surface area contributed by atoms with Crippen LogP contribution in [0.4, 0.5) is 0 Å². The lowest BCUT2D eigenvalue weighted by Gasteiger charge is -2.01. The predicted octanol–water partition coefficient (Wildman–Crippen LogP) is 1.92. The van der Waals surface area contributed by atoms with Crippen LogP contribution < -0.4 is 0 Å². The molecule has 98 valence electrons. The van der Waals surface area contributed by atoms with Gasteiger partial charge in [0.15, 0.2) is 0 Å². The van der Waals surface area contributed by atoms with Gasteiger partial charge in [0.25, 0.3) is 0 Å². The number of hydrogen-bond donors (Lipinski definition) is 2. The van der Waals surface area contributed by atoms with E-state index in [2.05, 4.69) is 4.18 Å². The third-order valence-electron chi connectivity index (χ3n) is 2.28. The first kappa shape index (κ1) is 15.8. The zero-order valence-corrected chi connectivity index (χ0v) is 10.4. The van der Waals surface area contributed by atoms with E-state index in [-0.39, 0.29) is 13.2 Å². The van der Waals surface area contributed by atoms with Gasteiger partial charge in [-0.15, -0.1) is 0 Å². The van der Waals surface area contributed by atoms with E-state index in [0.717, 1.165) is 44.9 Å². The van der Waals surface area contributed by atoms with Gasteiger partial charge in [0.1, 0.15) is 0 Å². The lowest BCUT2D eigenvalue weighted by atomic mass is 10.1. The Labute approximate surface area is 97.8 Å². The average Bonchev–Trinajstić information content (AvgIpc) is 2.19. The summed E-state index contributed by atoms with van der Waals surface area (Å²) in [7, 11) is -4.26. The van der Waals surface area contributed by atoms with Gasteiger partial charge in [0.05, 0.1) is 6.61 Å². The van der Waals surface area contributed by atoms with E-state index in [1.165, 1.54) is 0 Å². The molecule has 6 heteroatoms. The largest absolute Gasteiger partial charge is 0.397 e. The minimum absolute atomic E-state index is 0.0589. The van der Waals surface area contributed by atoms with Crippen molar-refractivity contribution in [1.82, 2.24) is 0 Å². The van der Waals surface area contributed by atoms with E-state index in [9.17, 15) is 8.42 Å². The standard InChI is InChI=1S/C10H22O5S/c11-9-7-5-3-1-2-4-6-8-10-15-16(12,13)14/h11H,1-10H2,(H,12,13,14). The molecular formula is C10H22O5S. The molecule has 0 aromatic carbocycles. The molecule has 0 atom stereocenters. The molecule has 0 saturated heterocycles. The molecule has 16 heavy (non-hydrogen) atoms. The molecule has 0 fully saturated rings. The summed E-state index contributed by atoms with van der Waals surface area (Å²) in [6, 6.07) is 0. The van der Waals surface area contributed by atoms with E-state index in [1.54, 1.807) is 0 Å². The van der Waals surface area contributed by atoms with Crippen LogP contribution in [0, 0.1) is 0 Å². The second kappa shape index (κ2) is 10.0. The molecule has 0 bridgehead atoms. The highest BCUT2D eigenvalue weighted by Gasteiger charge is 2.02. The highest BCUT2D eigenvalue weighted by atomic mass is 32.3. The van der Waals surface area contributed by atoms with Gasteiger partial charge in [-0.2, -0.15) is 8.42 Å². The van der Waals surface area contributed by atoms with E-state index in [4.69, 9.17) is 9.66 Å². The Balaban J connectivity index is 3.05. The molecule has 0 radical (unpaired) electrons. The molecule has 0 aliphatic rings. The summed E-state index contributed by atoms with van der Waals surface area (Å²) in [5.41, 5.74) is 0. The predicted molar refractivity (Wildman–Crippen MR) is 61.5 cm³/mol. The van der Waals surface area contributed by atoms with Crippen LogP contribution in [0.3, 0.4) is 0 Å². The van der Waals surface area contributed by atoms with Crippen molar-refractivity contribution in [2.24, 2.45) is 0 Å². The normalized spacial score (nSPS) is 11.9. The summed E-state index contributed by atoms with van der Waals surface area (Å²) in [6.07, 6.45) is 7.98. The first-order chi connectivity index (χ1) is 7.56. The minimum atomic E-state index is -4.26. The van der Waals surface area contributed by atoms with Crippen molar-refractivity contribution >= 4 is 10.4 Å². The third-order valence-corrected chi connectivity index (χ3v) is 2.75. The van der Waals surface area contributed by atoms with Crippen molar-refractivity contribution in [3.05, 3.63) is 0 Å². The molecule has 0 aliphatic heterocycles. The van der Waals surface area contributed by atoms with E-state index < -0.39 is 10.4 Å². The lowest BCUT2D eigenvalue weighted by Crippen LogP contribution is -2.04. The fraction of sp³-hybridized carbons (Fsp3) is 1.00. The van der Waals surface area contributed by atoms with Crippen LogP contribution >= 0.6 is 0 Å². The SMILES string of the molecule is O=S(=O)(O)OCCCCCCCCCCO. The van der Waals surface area contributed by atoms with Gasteiger partial charge in [0.2, 0.25) is 0 Å². The van der Waals surface area contributed by atoms with Gasteiger partial charge < -0.3 is 5.11 Å². The van der Waals surface area contributed by atoms with E-state index in [1.807, 2.05) is 0 Å². The molecule has 0 spiro atoms. The van der Waals surface area contributed by atoms with Gasteiger partial charge in [-0.3, -0.25) is 4.55 Å². The summed E-state index contributed by atoms with van der Waals surface area (Å²) in [4.78, 5) is 0. The summed E-state index contributed by atoms with van der Waals surface area (Å²) in [5, 5.41) is 8.55. The summed E-state index contributed by atoms with van der Waals surface area (Å²) in [6.45, 7) is 0.330. The fourth-order valence-corrected chi connectivity index (χ4v) is 1.77. The van der Waals surface area contributed by atoms with Gasteiger partial charge in [-0.05, 0) is 12.8 Å². The Morgan fingerprint density at radius 2 is 1.25 bits per heavy atom. The van der Waals surface area contributed by atoms with Crippen LogP contribution in [-0.2, 0) is 14.6 Å². The average molecular weight is 254 g/mol. The quantitative estimate of drug-likeness (QED) is 0.434. The van der Waals surface area contributed by atoms with Crippen LogP contribution in [0.1, 0.15) is 51.4 Å². The Morgan fingerprint density at radius 3 is 1.69 bits per heavy atom. The zero-order valence-electron chi connectivity index (χ0n) is 9.60. The molecular weight excluding hydrogens is 232 g/mol. The van der Waals surface area contributed by atoms with Crippen molar-refractivity contribution in [2.45, 2.75) is 51.4 Å². The number of hydrogen-bond acceptors (Lipinski definition) is 4. The second-order valence-corrected chi connectivity index (χ2v) is 4.89. The van der Waals surface area contributed by atoms with E-state index in [0.29, 0.717) is 6.42 Å². The van der Waals surface area contributed by atoms with Gasteiger partial charge in [-0.1, -0.05) is 38.5 Å². The highest BCUT2D eigenvalue weighted by molar-refractivity contribution is 7.80. The van der Waals surface area contributed by atoms with E-state index >= 15 is 0 Å². The first-order valence-corrected chi connectivity index (χ1v) is 7.15. The van der Waals surface area contributed by atoms with Gasteiger partial charge in [0, 0.05) is 6.61 Å². The Morgan fingerprint density at radius 1 is 0.812 bits per heavy atom. The first-order valence-electron chi connectivity index (χ1n) is 5.79. The smallest absolute Gasteiger partial charge is 0.396 e. The van der Waals surface area contributed by atoms with Gasteiger partial charge in [-0.25, -0.2) is 4.18 Å². The number of rotatable bonds is 11. The molecule has 0 aromatic heterocycles. The molecule has 0 amide bonds. The maximum absolute atomic E-state index is 10.2. The van der Waals surface area contributed by atoms with Crippen molar-refractivity contribution in [2.75, 3.05) is 13.2 Å². The molecule has 5 nitrogen and oxygen atoms in total. The Bertz CT molecular complexity index is 238. The molecule has 0 rings (SSSR count). The van der Waals surface area contributed by atoms with Crippen molar-refractivity contribution < 1.29 is 22.3 Å². The topological polar surface area (TPSA) is 83.8 Å². The highest BCUT2D eigenvalue weighted by Crippen LogP contribution is 2.08. The Hall–Kier alpha value is -0.170. The summed E-state index contributed by atoms with van der Waals surface area (Å²) in [5.74, 6) is 0. The van der Waals surface area contributed by atoms with Crippen LogP contribution in [0.15, 0.2) is 0 Å².